The third kappa shape index (κ3) is 4.21. The van der Waals surface area contributed by atoms with Crippen molar-refractivity contribution in [2.45, 2.75) is 0 Å². The van der Waals surface area contributed by atoms with Crippen molar-refractivity contribution in [3.8, 4) is 0 Å². The van der Waals surface area contributed by atoms with Crippen molar-refractivity contribution in [1.29, 1.82) is 0 Å². The molecule has 0 saturated heterocycles. The minimum Gasteiger partial charge on any atom is -0.478 e. The molecule has 25 heavy (non-hydrogen) atoms. The monoisotopic (exact) mass is 358 g/mol. The summed E-state index contributed by atoms with van der Waals surface area (Å²) < 4.78 is 13.2. The Balaban J connectivity index is 1.74. The second kappa shape index (κ2) is 7.14. The van der Waals surface area contributed by atoms with E-state index in [9.17, 15) is 9.18 Å². The first-order valence-electron chi connectivity index (χ1n) is 7.16. The van der Waals surface area contributed by atoms with Gasteiger partial charge >= 0.3 is 5.97 Å². The lowest BCUT2D eigenvalue weighted by Gasteiger charge is -2.09. The highest BCUT2D eigenvalue weighted by molar-refractivity contribution is 6.31. The number of rotatable bonds is 5. The Labute approximate surface area is 147 Å². The van der Waals surface area contributed by atoms with E-state index in [1.165, 1.54) is 30.6 Å². The number of nitrogens with zero attached hydrogens (tertiary/aromatic N) is 2. The molecular weight excluding hydrogens is 347 g/mol. The molecule has 3 N–H and O–H groups in total. The Morgan fingerprint density at radius 1 is 0.960 bits per heavy atom. The van der Waals surface area contributed by atoms with Crippen molar-refractivity contribution in [2.75, 3.05) is 10.6 Å². The summed E-state index contributed by atoms with van der Waals surface area (Å²) in [7, 11) is 0. The summed E-state index contributed by atoms with van der Waals surface area (Å²) in [5, 5.41) is 15.0. The molecule has 1 heterocycles. The highest BCUT2D eigenvalue weighted by Crippen LogP contribution is 2.23. The molecule has 0 bridgehead atoms. The number of hydrogen-bond donors (Lipinski definition) is 3. The number of hydrogen-bond acceptors (Lipinski definition) is 5. The van der Waals surface area contributed by atoms with Gasteiger partial charge in [-0.1, -0.05) is 11.6 Å². The normalized spacial score (nSPS) is 10.3. The molecule has 126 valence electrons. The van der Waals surface area contributed by atoms with Gasteiger partial charge in [0.25, 0.3) is 0 Å². The molecule has 8 heteroatoms. The van der Waals surface area contributed by atoms with Crippen molar-refractivity contribution in [3.05, 3.63) is 71.3 Å². The highest BCUT2D eigenvalue weighted by Gasteiger charge is 2.05. The number of carboxylic acids is 1. The smallest absolute Gasteiger partial charge is 0.335 e. The lowest BCUT2D eigenvalue weighted by molar-refractivity contribution is 0.0697. The highest BCUT2D eigenvalue weighted by atomic mass is 35.5. The van der Waals surface area contributed by atoms with Gasteiger partial charge in [0.15, 0.2) is 0 Å². The molecule has 3 aromatic rings. The van der Waals surface area contributed by atoms with Crippen LogP contribution in [0.3, 0.4) is 0 Å². The summed E-state index contributed by atoms with van der Waals surface area (Å²) in [6, 6.07) is 12.2. The average molecular weight is 359 g/mol. The molecule has 0 aliphatic carbocycles. The lowest BCUT2D eigenvalue weighted by Crippen LogP contribution is -2.00. The maximum atomic E-state index is 13.2. The first kappa shape index (κ1) is 16.7. The number of aromatic carboxylic acids is 1. The summed E-state index contributed by atoms with van der Waals surface area (Å²) in [5.41, 5.74) is 1.46. The molecular formula is C17H12ClFN4O2. The molecule has 0 spiro atoms. The third-order valence-corrected chi connectivity index (χ3v) is 3.55. The van der Waals surface area contributed by atoms with Crippen LogP contribution < -0.4 is 10.6 Å². The maximum Gasteiger partial charge on any atom is 0.335 e. The predicted molar refractivity (Wildman–Crippen MR) is 93.4 cm³/mol. The predicted octanol–water partition coefficient (Wildman–Crippen LogP) is 4.45. The van der Waals surface area contributed by atoms with E-state index < -0.39 is 11.8 Å². The fourth-order valence-corrected chi connectivity index (χ4v) is 2.24. The minimum atomic E-state index is -0.988. The van der Waals surface area contributed by atoms with Crippen molar-refractivity contribution < 1.29 is 14.3 Å². The summed E-state index contributed by atoms with van der Waals surface area (Å²) in [4.78, 5) is 19.0. The average Bonchev–Trinajstić information content (AvgIpc) is 2.59. The Morgan fingerprint density at radius 2 is 1.56 bits per heavy atom. The first-order valence-corrected chi connectivity index (χ1v) is 7.53. The molecule has 0 unspecified atom stereocenters. The topological polar surface area (TPSA) is 87.1 Å². The van der Waals surface area contributed by atoms with Gasteiger partial charge in [-0.3, -0.25) is 0 Å². The van der Waals surface area contributed by atoms with E-state index >= 15 is 0 Å². The van der Waals surface area contributed by atoms with Crippen molar-refractivity contribution in [3.63, 3.8) is 0 Å². The molecule has 3 rings (SSSR count). The molecule has 0 aliphatic heterocycles. The second-order valence-corrected chi connectivity index (χ2v) is 5.46. The van der Waals surface area contributed by atoms with E-state index in [4.69, 9.17) is 16.7 Å². The lowest BCUT2D eigenvalue weighted by atomic mass is 10.2. The molecule has 2 aromatic carbocycles. The minimum absolute atomic E-state index is 0.0101. The fourth-order valence-electron chi connectivity index (χ4n) is 2.06. The van der Waals surface area contributed by atoms with Crippen LogP contribution in [-0.4, -0.2) is 21.0 Å². The first-order chi connectivity index (χ1) is 12.0. The van der Waals surface area contributed by atoms with E-state index in [0.717, 1.165) is 0 Å². The number of aromatic nitrogens is 2. The van der Waals surface area contributed by atoms with Crippen LogP contribution in [-0.2, 0) is 0 Å². The van der Waals surface area contributed by atoms with Gasteiger partial charge in [0.2, 0.25) is 0 Å². The summed E-state index contributed by atoms with van der Waals surface area (Å²) >= 11 is 5.75. The van der Waals surface area contributed by atoms with Crippen LogP contribution in [0, 0.1) is 5.82 Å². The summed E-state index contributed by atoms with van der Waals surface area (Å²) in [6.45, 7) is 0. The van der Waals surface area contributed by atoms with E-state index in [1.54, 1.807) is 24.3 Å². The SMILES string of the molecule is O=C(O)c1ccc(Nc2cc(Nc3ccc(F)c(Cl)c3)ncn2)cc1. The Kier molecular flexibility index (Phi) is 4.76. The van der Waals surface area contributed by atoms with Crippen LogP contribution in [0.15, 0.2) is 54.9 Å². The van der Waals surface area contributed by atoms with Crippen LogP contribution in [0.5, 0.6) is 0 Å². The van der Waals surface area contributed by atoms with Crippen LogP contribution in [0.25, 0.3) is 0 Å². The number of carbonyl (C=O) groups is 1. The standard InChI is InChI=1S/C17H12ClFN4O2/c18-13-7-12(5-6-14(13)19)23-16-8-15(20-9-21-16)22-11-3-1-10(2-4-11)17(24)25/h1-9H,(H,24,25)(H2,20,21,22,23). The molecule has 6 nitrogen and oxygen atoms in total. The summed E-state index contributed by atoms with van der Waals surface area (Å²) in [5.74, 6) is -0.490. The van der Waals surface area contributed by atoms with Gasteiger partial charge in [0.05, 0.1) is 10.6 Å². The Morgan fingerprint density at radius 3 is 2.16 bits per heavy atom. The van der Waals surface area contributed by atoms with Crippen molar-refractivity contribution >= 4 is 40.6 Å². The molecule has 0 fully saturated rings. The van der Waals surface area contributed by atoms with Gasteiger partial charge in [-0.2, -0.15) is 0 Å². The fraction of sp³-hybridized carbons (Fsp3) is 0. The molecule has 0 atom stereocenters. The van der Waals surface area contributed by atoms with Crippen LogP contribution in [0.1, 0.15) is 10.4 Å². The van der Waals surface area contributed by atoms with Crippen molar-refractivity contribution in [1.82, 2.24) is 9.97 Å². The number of benzene rings is 2. The van der Waals surface area contributed by atoms with Crippen LogP contribution in [0.2, 0.25) is 5.02 Å². The molecule has 0 saturated carbocycles. The molecule has 0 amide bonds. The van der Waals surface area contributed by atoms with Gasteiger partial charge in [0.1, 0.15) is 23.8 Å². The van der Waals surface area contributed by atoms with Crippen molar-refractivity contribution in [2.24, 2.45) is 0 Å². The second-order valence-electron chi connectivity index (χ2n) is 5.05. The number of halogens is 2. The maximum absolute atomic E-state index is 13.2. The van der Waals surface area contributed by atoms with Gasteiger partial charge in [-0.05, 0) is 42.5 Å². The number of carboxylic acid groups (broad SMARTS) is 1. The van der Waals surface area contributed by atoms with E-state index in [0.29, 0.717) is 23.0 Å². The zero-order valence-corrected chi connectivity index (χ0v) is 13.5. The summed E-state index contributed by atoms with van der Waals surface area (Å²) in [6.07, 6.45) is 1.36. The molecule has 0 radical (unpaired) electrons. The van der Waals surface area contributed by atoms with E-state index in [2.05, 4.69) is 20.6 Å². The number of anilines is 4. The molecule has 1 aromatic heterocycles. The van der Waals surface area contributed by atoms with Gasteiger partial charge in [0, 0.05) is 17.4 Å². The van der Waals surface area contributed by atoms with Gasteiger partial charge in [-0.25, -0.2) is 19.2 Å². The Bertz CT molecular complexity index is 919. The molecule has 0 aliphatic rings. The van der Waals surface area contributed by atoms with E-state index in [1.807, 2.05) is 0 Å². The third-order valence-electron chi connectivity index (χ3n) is 3.26. The zero-order chi connectivity index (χ0) is 17.8. The zero-order valence-electron chi connectivity index (χ0n) is 12.7. The largest absolute Gasteiger partial charge is 0.478 e. The Hall–Kier alpha value is -3.19. The van der Waals surface area contributed by atoms with Crippen LogP contribution >= 0.6 is 11.6 Å². The van der Waals surface area contributed by atoms with E-state index in [-0.39, 0.29) is 10.6 Å². The van der Waals surface area contributed by atoms with Crippen LogP contribution in [0.4, 0.5) is 27.4 Å². The van der Waals surface area contributed by atoms with Gasteiger partial charge in [-0.15, -0.1) is 0 Å². The quantitative estimate of drug-likeness (QED) is 0.624. The van der Waals surface area contributed by atoms with Gasteiger partial charge < -0.3 is 15.7 Å². The number of nitrogens with one attached hydrogen (secondary N) is 2.